The van der Waals surface area contributed by atoms with Crippen molar-refractivity contribution in [1.29, 1.82) is 0 Å². The van der Waals surface area contributed by atoms with Gasteiger partial charge in [0.2, 0.25) is 0 Å². The number of amides is 2. The molecule has 1 saturated heterocycles. The third kappa shape index (κ3) is 3.56. The van der Waals surface area contributed by atoms with Crippen LogP contribution in [0.3, 0.4) is 0 Å². The van der Waals surface area contributed by atoms with E-state index in [0.29, 0.717) is 9.53 Å². The Morgan fingerprint density at radius 3 is 2.79 bits per heavy atom. The summed E-state index contributed by atoms with van der Waals surface area (Å²) in [6, 6.07) is 5.91. The van der Waals surface area contributed by atoms with Gasteiger partial charge in [-0.2, -0.15) is 0 Å². The maximum absolute atomic E-state index is 13.9. The van der Waals surface area contributed by atoms with Gasteiger partial charge in [0.05, 0.1) is 15.9 Å². The van der Waals surface area contributed by atoms with E-state index in [4.69, 9.17) is 16.0 Å². The lowest BCUT2D eigenvalue weighted by Crippen LogP contribution is -2.28. The first-order valence-electron chi connectivity index (χ1n) is 6.50. The molecule has 1 aliphatic heterocycles. The van der Waals surface area contributed by atoms with Crippen molar-refractivity contribution in [3.63, 3.8) is 0 Å². The molecule has 0 radical (unpaired) electrons. The monoisotopic (exact) mass is 541 g/mol. The highest BCUT2D eigenvalue weighted by molar-refractivity contribution is 14.1. The van der Waals surface area contributed by atoms with E-state index in [-0.39, 0.29) is 22.0 Å². The van der Waals surface area contributed by atoms with Gasteiger partial charge < -0.3 is 4.42 Å². The number of rotatable bonds is 3. The fourth-order valence-corrected chi connectivity index (χ4v) is 3.80. The largest absolute Gasteiger partial charge is 0.450 e. The van der Waals surface area contributed by atoms with Gasteiger partial charge in [0.15, 0.2) is 3.77 Å². The van der Waals surface area contributed by atoms with Gasteiger partial charge in [-0.3, -0.25) is 14.5 Å². The number of carbonyl (C=O) groups is 2. The maximum atomic E-state index is 13.9. The molecule has 3 rings (SSSR count). The second-order valence-corrected chi connectivity index (χ2v) is 7.97. The molecule has 2 aromatic rings. The van der Waals surface area contributed by atoms with Crippen LogP contribution in [0.1, 0.15) is 11.3 Å². The molecule has 124 valence electrons. The zero-order valence-electron chi connectivity index (χ0n) is 11.7. The van der Waals surface area contributed by atoms with Crippen molar-refractivity contribution in [2.45, 2.75) is 6.54 Å². The van der Waals surface area contributed by atoms with Crippen molar-refractivity contribution >= 4 is 79.1 Å². The van der Waals surface area contributed by atoms with E-state index in [1.54, 1.807) is 6.07 Å². The number of hydrogen-bond donors (Lipinski definition) is 0. The average molecular weight is 543 g/mol. The first-order valence-corrected chi connectivity index (χ1v) is 9.56. The normalized spacial score (nSPS) is 16.5. The first kappa shape index (κ1) is 18.0. The predicted molar refractivity (Wildman–Crippen MR) is 102 cm³/mol. The number of nitrogens with zero attached hydrogens (tertiary/aromatic N) is 1. The van der Waals surface area contributed by atoms with Crippen molar-refractivity contribution in [2.75, 3.05) is 0 Å². The molecule has 0 unspecified atom stereocenters. The minimum Gasteiger partial charge on any atom is -0.450 e. The van der Waals surface area contributed by atoms with E-state index in [2.05, 4.69) is 15.9 Å². The number of benzene rings is 1. The Bertz CT molecular complexity index is 846. The molecule has 1 fully saturated rings. The van der Waals surface area contributed by atoms with Crippen molar-refractivity contribution < 1.29 is 18.4 Å². The zero-order valence-corrected chi connectivity index (χ0v) is 17.0. The summed E-state index contributed by atoms with van der Waals surface area (Å²) in [5, 5.41) is -0.312. The summed E-state index contributed by atoms with van der Waals surface area (Å²) in [6.07, 6.45) is 1.49. The summed E-state index contributed by atoms with van der Waals surface area (Å²) in [4.78, 5) is 25.7. The standard InChI is InChI=1S/C15H7BrClFINO3S/c16-9-4-7(23-13(9)19)5-12-14(21)20(15(22)24-12)6-8-10(17)2-1-3-11(8)18/h1-5H,6H2/b12-5-. The minimum absolute atomic E-state index is 0.109. The second kappa shape index (κ2) is 7.19. The zero-order chi connectivity index (χ0) is 17.4. The van der Waals surface area contributed by atoms with Crippen LogP contribution in [0.5, 0.6) is 0 Å². The lowest BCUT2D eigenvalue weighted by Gasteiger charge is -2.14. The van der Waals surface area contributed by atoms with Gasteiger partial charge in [-0.15, -0.1) is 0 Å². The summed E-state index contributed by atoms with van der Waals surface area (Å²) in [5.41, 5.74) is 0.109. The lowest BCUT2D eigenvalue weighted by atomic mass is 10.2. The second-order valence-electron chi connectivity index (χ2n) is 4.74. The topological polar surface area (TPSA) is 50.5 Å². The summed E-state index contributed by atoms with van der Waals surface area (Å²) in [7, 11) is 0. The molecule has 2 amide bonds. The minimum atomic E-state index is -0.560. The summed E-state index contributed by atoms with van der Waals surface area (Å²) in [6.45, 7) is -0.215. The van der Waals surface area contributed by atoms with Gasteiger partial charge in [0, 0.05) is 39.3 Å². The molecule has 0 saturated carbocycles. The van der Waals surface area contributed by atoms with E-state index >= 15 is 0 Å². The van der Waals surface area contributed by atoms with Gasteiger partial charge in [-0.1, -0.05) is 17.7 Å². The molecule has 1 aromatic carbocycles. The number of imide groups is 1. The Balaban J connectivity index is 1.87. The van der Waals surface area contributed by atoms with Crippen LogP contribution in [0.4, 0.5) is 9.18 Å². The van der Waals surface area contributed by atoms with Crippen LogP contribution in [-0.2, 0) is 11.3 Å². The third-order valence-electron chi connectivity index (χ3n) is 3.19. The molecule has 0 bridgehead atoms. The van der Waals surface area contributed by atoms with Crippen LogP contribution < -0.4 is 0 Å². The highest BCUT2D eigenvalue weighted by atomic mass is 127. The quantitative estimate of drug-likeness (QED) is 0.370. The smallest absolute Gasteiger partial charge is 0.293 e. The molecule has 0 aliphatic carbocycles. The van der Waals surface area contributed by atoms with Crippen LogP contribution >= 0.6 is 61.9 Å². The Labute approximate surface area is 167 Å². The number of thioether (sulfide) groups is 1. The van der Waals surface area contributed by atoms with Gasteiger partial charge in [-0.25, -0.2) is 4.39 Å². The van der Waals surface area contributed by atoms with E-state index in [1.165, 1.54) is 24.3 Å². The molecule has 2 heterocycles. The number of halogens is 4. The highest BCUT2D eigenvalue weighted by Gasteiger charge is 2.36. The number of hydrogen-bond acceptors (Lipinski definition) is 4. The third-order valence-corrected chi connectivity index (χ3v) is 6.58. The van der Waals surface area contributed by atoms with Crippen LogP contribution in [-0.4, -0.2) is 16.0 Å². The fraction of sp³-hybridized carbons (Fsp3) is 0.0667. The number of carbonyl (C=O) groups excluding carboxylic acids is 2. The van der Waals surface area contributed by atoms with Crippen molar-refractivity contribution in [3.05, 3.63) is 59.6 Å². The predicted octanol–water partition coefficient (Wildman–Crippen LogP) is 5.68. The average Bonchev–Trinajstić information content (AvgIpc) is 2.96. The lowest BCUT2D eigenvalue weighted by molar-refractivity contribution is -0.123. The van der Waals surface area contributed by atoms with E-state index < -0.39 is 17.0 Å². The molecule has 0 N–H and O–H groups in total. The van der Waals surface area contributed by atoms with Gasteiger partial charge in [0.25, 0.3) is 11.1 Å². The Morgan fingerprint density at radius 2 is 2.17 bits per heavy atom. The maximum Gasteiger partial charge on any atom is 0.293 e. The van der Waals surface area contributed by atoms with Gasteiger partial charge in [0.1, 0.15) is 11.6 Å². The molecule has 0 spiro atoms. The van der Waals surface area contributed by atoms with Gasteiger partial charge in [-0.05, 0) is 45.9 Å². The van der Waals surface area contributed by atoms with Gasteiger partial charge >= 0.3 is 0 Å². The SMILES string of the molecule is O=C1S/C(=C\c2cc(Br)c(I)o2)C(=O)N1Cc1c(F)cccc1Cl. The molecule has 24 heavy (non-hydrogen) atoms. The highest BCUT2D eigenvalue weighted by Crippen LogP contribution is 2.35. The molecular formula is C15H7BrClFINO3S. The summed E-state index contributed by atoms with van der Waals surface area (Å²) < 4.78 is 20.7. The van der Waals surface area contributed by atoms with E-state index in [1.807, 2.05) is 22.6 Å². The van der Waals surface area contributed by atoms with E-state index in [0.717, 1.165) is 21.1 Å². The van der Waals surface area contributed by atoms with Crippen molar-refractivity contribution in [1.82, 2.24) is 4.90 Å². The Kier molecular flexibility index (Phi) is 5.38. The molecule has 1 aliphatic rings. The molecule has 0 atom stereocenters. The molecule has 4 nitrogen and oxygen atoms in total. The van der Waals surface area contributed by atoms with Crippen LogP contribution in [0.15, 0.2) is 38.1 Å². The Hall–Kier alpha value is -0.840. The molecule has 1 aromatic heterocycles. The molecular weight excluding hydrogens is 535 g/mol. The first-order chi connectivity index (χ1) is 11.4. The summed E-state index contributed by atoms with van der Waals surface area (Å²) in [5.74, 6) is -0.623. The van der Waals surface area contributed by atoms with Crippen molar-refractivity contribution in [2.24, 2.45) is 0 Å². The van der Waals surface area contributed by atoms with Crippen molar-refractivity contribution in [3.8, 4) is 0 Å². The van der Waals surface area contributed by atoms with E-state index in [9.17, 15) is 14.0 Å². The molecule has 9 heteroatoms. The Morgan fingerprint density at radius 1 is 1.42 bits per heavy atom. The fourth-order valence-electron chi connectivity index (χ4n) is 2.04. The number of furan rings is 1. The van der Waals surface area contributed by atoms with Crippen LogP contribution in [0.25, 0.3) is 6.08 Å². The van der Waals surface area contributed by atoms with Crippen LogP contribution in [0.2, 0.25) is 5.02 Å². The summed E-state index contributed by atoms with van der Waals surface area (Å²) >= 11 is 12.0. The van der Waals surface area contributed by atoms with Crippen LogP contribution in [0, 0.1) is 9.58 Å².